The third-order valence-electron chi connectivity index (χ3n) is 2.67. The monoisotopic (exact) mass is 225 g/mol. The van der Waals surface area contributed by atoms with Gasteiger partial charge in [-0.1, -0.05) is 0 Å². The molecule has 1 N–H and O–H groups in total. The molecule has 1 heterocycles. The predicted molar refractivity (Wildman–Crippen MR) is 63.8 cm³/mol. The van der Waals surface area contributed by atoms with Crippen LogP contribution >= 0.6 is 0 Å². The maximum Gasteiger partial charge on any atom is 0.293 e. The molecule has 5 heteroatoms. The lowest BCUT2D eigenvalue weighted by atomic mass is 10.3. The normalized spacial score (nSPS) is 12.9. The molecule has 0 radical (unpaired) electrons. The minimum Gasteiger partial charge on any atom is -0.394 e. The molecular weight excluding hydrogens is 206 g/mol. The van der Waals surface area contributed by atoms with E-state index in [-0.39, 0.29) is 24.2 Å². The zero-order valence-electron chi connectivity index (χ0n) is 10.2. The molecule has 0 saturated carbocycles. The van der Waals surface area contributed by atoms with Crippen molar-refractivity contribution >= 4 is 5.82 Å². The second-order valence-corrected chi connectivity index (χ2v) is 4.20. The molecule has 0 aliphatic carbocycles. The van der Waals surface area contributed by atoms with Gasteiger partial charge in [0.05, 0.1) is 12.6 Å². The molecular formula is C11H19N3O2. The number of rotatable bonds is 4. The lowest BCUT2D eigenvalue weighted by Crippen LogP contribution is -2.38. The summed E-state index contributed by atoms with van der Waals surface area (Å²) in [6.07, 6.45) is 3.28. The van der Waals surface area contributed by atoms with Gasteiger partial charge in [0.1, 0.15) is 0 Å². The fourth-order valence-corrected chi connectivity index (χ4v) is 1.39. The minimum atomic E-state index is -0.125. The maximum absolute atomic E-state index is 12.0. The number of anilines is 1. The van der Waals surface area contributed by atoms with Crippen molar-refractivity contribution in [3.8, 4) is 0 Å². The number of nitrogens with zero attached hydrogens (tertiary/aromatic N) is 3. The highest BCUT2D eigenvalue weighted by molar-refractivity contribution is 5.35. The van der Waals surface area contributed by atoms with E-state index in [0.717, 1.165) is 0 Å². The highest BCUT2D eigenvalue weighted by Crippen LogP contribution is 2.07. The fraction of sp³-hybridized carbons (Fsp3) is 0.636. The lowest BCUT2D eigenvalue weighted by molar-refractivity contribution is 0.269. The Morgan fingerprint density at radius 3 is 2.62 bits per heavy atom. The van der Waals surface area contributed by atoms with Crippen LogP contribution in [0.3, 0.4) is 0 Å². The Morgan fingerprint density at radius 1 is 1.50 bits per heavy atom. The van der Waals surface area contributed by atoms with Crippen LogP contribution in [0.4, 0.5) is 5.82 Å². The SMILES string of the molecule is CC(CO)N(C)c1nccn(C(C)C)c1=O. The van der Waals surface area contributed by atoms with E-state index in [2.05, 4.69) is 4.98 Å². The van der Waals surface area contributed by atoms with Gasteiger partial charge in [-0.25, -0.2) is 4.98 Å². The van der Waals surface area contributed by atoms with Gasteiger partial charge in [0.2, 0.25) is 0 Å². The Labute approximate surface area is 95.4 Å². The summed E-state index contributed by atoms with van der Waals surface area (Å²) in [5.74, 6) is 0.373. The maximum atomic E-state index is 12.0. The molecule has 1 aromatic rings. The van der Waals surface area contributed by atoms with Crippen molar-refractivity contribution in [2.75, 3.05) is 18.6 Å². The van der Waals surface area contributed by atoms with Crippen LogP contribution in [-0.4, -0.2) is 34.4 Å². The molecule has 0 fully saturated rings. The van der Waals surface area contributed by atoms with E-state index in [1.54, 1.807) is 28.9 Å². The molecule has 0 amide bonds. The molecule has 90 valence electrons. The number of likely N-dealkylation sites (N-methyl/N-ethyl adjacent to an activating group) is 1. The Kier molecular flexibility index (Phi) is 4.06. The van der Waals surface area contributed by atoms with Gasteiger partial charge in [-0.05, 0) is 20.8 Å². The van der Waals surface area contributed by atoms with Crippen LogP contribution in [0.1, 0.15) is 26.8 Å². The van der Waals surface area contributed by atoms with Crippen molar-refractivity contribution in [1.29, 1.82) is 0 Å². The average Bonchev–Trinajstić information content (AvgIpc) is 2.27. The van der Waals surface area contributed by atoms with Crippen molar-refractivity contribution in [3.05, 3.63) is 22.7 Å². The third-order valence-corrected chi connectivity index (χ3v) is 2.67. The van der Waals surface area contributed by atoms with Crippen LogP contribution < -0.4 is 10.5 Å². The van der Waals surface area contributed by atoms with Gasteiger partial charge in [-0.15, -0.1) is 0 Å². The molecule has 0 aliphatic heterocycles. The largest absolute Gasteiger partial charge is 0.394 e. The van der Waals surface area contributed by atoms with Gasteiger partial charge in [0, 0.05) is 25.5 Å². The van der Waals surface area contributed by atoms with E-state index >= 15 is 0 Å². The summed E-state index contributed by atoms with van der Waals surface area (Å²) < 4.78 is 1.63. The summed E-state index contributed by atoms with van der Waals surface area (Å²) in [6.45, 7) is 5.73. The molecule has 0 saturated heterocycles. The highest BCUT2D eigenvalue weighted by atomic mass is 16.3. The minimum absolute atomic E-state index is 0.00576. The molecule has 5 nitrogen and oxygen atoms in total. The van der Waals surface area contributed by atoms with E-state index < -0.39 is 0 Å². The Hall–Kier alpha value is -1.36. The van der Waals surface area contributed by atoms with Gasteiger partial charge >= 0.3 is 0 Å². The zero-order valence-corrected chi connectivity index (χ0v) is 10.2. The van der Waals surface area contributed by atoms with E-state index in [0.29, 0.717) is 5.82 Å². The van der Waals surface area contributed by atoms with Gasteiger partial charge < -0.3 is 14.6 Å². The van der Waals surface area contributed by atoms with Crippen LogP contribution in [0.15, 0.2) is 17.2 Å². The predicted octanol–water partition coefficient (Wildman–Crippen LogP) is 0.641. The van der Waals surface area contributed by atoms with Crippen LogP contribution in [0, 0.1) is 0 Å². The molecule has 0 spiro atoms. The first-order valence-corrected chi connectivity index (χ1v) is 5.39. The van der Waals surface area contributed by atoms with Gasteiger partial charge in [0.15, 0.2) is 5.82 Å². The summed E-state index contributed by atoms with van der Waals surface area (Å²) in [5.41, 5.74) is -0.125. The summed E-state index contributed by atoms with van der Waals surface area (Å²) in [6, 6.07) is -0.0182. The van der Waals surface area contributed by atoms with Crippen molar-refractivity contribution in [2.24, 2.45) is 0 Å². The van der Waals surface area contributed by atoms with Crippen molar-refractivity contribution in [3.63, 3.8) is 0 Å². The lowest BCUT2D eigenvalue weighted by Gasteiger charge is -2.24. The molecule has 1 atom stereocenters. The Balaban J connectivity index is 3.16. The Bertz CT molecular complexity index is 400. The fourth-order valence-electron chi connectivity index (χ4n) is 1.39. The Morgan fingerprint density at radius 2 is 2.12 bits per heavy atom. The van der Waals surface area contributed by atoms with Crippen molar-refractivity contribution in [1.82, 2.24) is 9.55 Å². The molecule has 1 unspecified atom stereocenters. The number of hydrogen-bond acceptors (Lipinski definition) is 4. The quantitative estimate of drug-likeness (QED) is 0.817. The van der Waals surface area contributed by atoms with E-state index in [4.69, 9.17) is 5.11 Å². The van der Waals surface area contributed by atoms with Gasteiger partial charge in [-0.3, -0.25) is 4.79 Å². The summed E-state index contributed by atoms with van der Waals surface area (Å²) >= 11 is 0. The van der Waals surface area contributed by atoms with Crippen LogP contribution in [-0.2, 0) is 0 Å². The molecule has 0 aliphatic rings. The molecule has 1 aromatic heterocycles. The standard InChI is InChI=1S/C11H19N3O2/c1-8(2)14-6-5-12-10(11(14)16)13(4)9(3)7-15/h5-6,8-9,15H,7H2,1-4H3. The zero-order chi connectivity index (χ0) is 12.3. The number of aromatic nitrogens is 2. The van der Waals surface area contributed by atoms with Gasteiger partial charge in [0.25, 0.3) is 5.56 Å². The van der Waals surface area contributed by atoms with Gasteiger partial charge in [-0.2, -0.15) is 0 Å². The summed E-state index contributed by atoms with van der Waals surface area (Å²) in [4.78, 5) is 17.8. The van der Waals surface area contributed by atoms with Crippen LogP contribution in [0.25, 0.3) is 0 Å². The topological polar surface area (TPSA) is 58.4 Å². The molecule has 0 bridgehead atoms. The first-order chi connectivity index (χ1) is 7.49. The van der Waals surface area contributed by atoms with E-state index in [1.165, 1.54) is 0 Å². The van der Waals surface area contributed by atoms with Crippen LogP contribution in [0.2, 0.25) is 0 Å². The van der Waals surface area contributed by atoms with Crippen molar-refractivity contribution in [2.45, 2.75) is 32.9 Å². The number of aliphatic hydroxyl groups is 1. The second-order valence-electron chi connectivity index (χ2n) is 4.20. The molecule has 16 heavy (non-hydrogen) atoms. The first kappa shape index (κ1) is 12.7. The molecule has 1 rings (SSSR count). The highest BCUT2D eigenvalue weighted by Gasteiger charge is 2.15. The summed E-state index contributed by atoms with van der Waals surface area (Å²) in [7, 11) is 1.76. The number of aliphatic hydroxyl groups excluding tert-OH is 1. The first-order valence-electron chi connectivity index (χ1n) is 5.39. The third kappa shape index (κ3) is 2.41. The molecule has 0 aromatic carbocycles. The smallest absolute Gasteiger partial charge is 0.293 e. The summed E-state index contributed by atoms with van der Waals surface area (Å²) in [5, 5.41) is 9.06. The van der Waals surface area contributed by atoms with Crippen LogP contribution in [0.5, 0.6) is 0 Å². The number of hydrogen-bond donors (Lipinski definition) is 1. The average molecular weight is 225 g/mol. The second kappa shape index (κ2) is 5.12. The van der Waals surface area contributed by atoms with Crippen molar-refractivity contribution < 1.29 is 5.11 Å². The van der Waals surface area contributed by atoms with E-state index in [9.17, 15) is 4.79 Å². The van der Waals surface area contributed by atoms with E-state index in [1.807, 2.05) is 20.8 Å².